The van der Waals surface area contributed by atoms with Crippen molar-refractivity contribution in [1.82, 2.24) is 0 Å². The second kappa shape index (κ2) is 3.10. The van der Waals surface area contributed by atoms with Gasteiger partial charge in [0, 0.05) is 10.0 Å². The van der Waals surface area contributed by atoms with Crippen LogP contribution in [-0.4, -0.2) is 0 Å². The van der Waals surface area contributed by atoms with E-state index in [4.69, 9.17) is 5.73 Å². The third kappa shape index (κ3) is 1.53. The summed E-state index contributed by atoms with van der Waals surface area (Å²) < 4.78 is 1.21. The van der Waals surface area contributed by atoms with Crippen LogP contribution in [0.15, 0.2) is 22.7 Å². The smallest absolute Gasteiger partial charge is 0.0384 e. The molecule has 2 N–H and O–H groups in total. The van der Waals surface area contributed by atoms with Crippen LogP contribution in [-0.2, 0) is 12.0 Å². The van der Waals surface area contributed by atoms with E-state index in [2.05, 4.69) is 41.1 Å². The molecule has 1 nitrogen and oxygen atoms in total. The molecule has 1 aliphatic rings. The first-order valence-electron chi connectivity index (χ1n) is 4.68. The summed E-state index contributed by atoms with van der Waals surface area (Å²) in [6.45, 7) is 2.12. The number of hydrogen-bond acceptors (Lipinski definition) is 1. The van der Waals surface area contributed by atoms with Crippen molar-refractivity contribution in [3.05, 3.63) is 33.8 Å². The highest BCUT2D eigenvalue weighted by Crippen LogP contribution is 2.36. The Balaban J connectivity index is 2.58. The maximum absolute atomic E-state index is 6.24. The Morgan fingerprint density at radius 1 is 1.46 bits per heavy atom. The average molecular weight is 240 g/mol. The normalized spacial score (nSPS) is 27.0. The molecule has 0 radical (unpaired) electrons. The molecule has 2 rings (SSSR count). The number of fused-ring (bicyclic) bond motifs is 1. The van der Waals surface area contributed by atoms with Gasteiger partial charge in [0.25, 0.3) is 0 Å². The van der Waals surface area contributed by atoms with Gasteiger partial charge in [0.2, 0.25) is 0 Å². The predicted octanol–water partition coefficient (Wildman–Crippen LogP) is 2.96. The van der Waals surface area contributed by atoms with Crippen molar-refractivity contribution >= 4 is 15.9 Å². The van der Waals surface area contributed by atoms with E-state index < -0.39 is 0 Å². The van der Waals surface area contributed by atoms with Gasteiger partial charge in [0.05, 0.1) is 0 Å². The lowest BCUT2D eigenvalue weighted by Crippen LogP contribution is -2.36. The summed E-state index contributed by atoms with van der Waals surface area (Å²) in [5, 5.41) is 0. The van der Waals surface area contributed by atoms with E-state index in [0.29, 0.717) is 0 Å². The van der Waals surface area contributed by atoms with Crippen LogP contribution in [0.5, 0.6) is 0 Å². The van der Waals surface area contributed by atoms with Crippen LogP contribution >= 0.6 is 15.9 Å². The summed E-state index contributed by atoms with van der Waals surface area (Å²) in [5.41, 5.74) is 8.82. The van der Waals surface area contributed by atoms with Crippen molar-refractivity contribution in [2.75, 3.05) is 0 Å². The highest BCUT2D eigenvalue weighted by atomic mass is 79.9. The highest BCUT2D eigenvalue weighted by molar-refractivity contribution is 9.10. The molecule has 0 aromatic heterocycles. The number of nitrogens with two attached hydrogens (primary N) is 1. The molecule has 1 unspecified atom stereocenters. The predicted molar refractivity (Wildman–Crippen MR) is 58.6 cm³/mol. The number of benzene rings is 1. The minimum absolute atomic E-state index is 0.128. The standard InChI is InChI=1S/C11H14BrN/c1-11(13)7-3-4-8-9(11)5-2-6-10(8)12/h2,5-6H,3-4,7,13H2,1H3. The average Bonchev–Trinajstić information content (AvgIpc) is 2.06. The van der Waals surface area contributed by atoms with Crippen molar-refractivity contribution in [1.29, 1.82) is 0 Å². The zero-order valence-corrected chi connectivity index (χ0v) is 9.39. The third-order valence-electron chi connectivity index (χ3n) is 2.86. The van der Waals surface area contributed by atoms with Gasteiger partial charge in [-0.3, -0.25) is 0 Å². The Morgan fingerprint density at radius 2 is 2.23 bits per heavy atom. The molecule has 70 valence electrons. The van der Waals surface area contributed by atoms with E-state index in [1.165, 1.54) is 22.0 Å². The van der Waals surface area contributed by atoms with Crippen LogP contribution in [0.1, 0.15) is 30.9 Å². The minimum Gasteiger partial charge on any atom is -0.322 e. The summed E-state index contributed by atoms with van der Waals surface area (Å²) in [6.07, 6.45) is 3.45. The van der Waals surface area contributed by atoms with Gasteiger partial charge in [-0.25, -0.2) is 0 Å². The first-order chi connectivity index (χ1) is 6.11. The molecule has 1 aromatic rings. The summed E-state index contributed by atoms with van der Waals surface area (Å²) in [4.78, 5) is 0. The Kier molecular flexibility index (Phi) is 2.20. The molecule has 1 aliphatic carbocycles. The molecule has 1 atom stereocenters. The highest BCUT2D eigenvalue weighted by Gasteiger charge is 2.28. The Labute approximate surface area is 87.5 Å². The van der Waals surface area contributed by atoms with Gasteiger partial charge in [-0.2, -0.15) is 0 Å². The van der Waals surface area contributed by atoms with E-state index in [1.54, 1.807) is 0 Å². The number of halogens is 1. The van der Waals surface area contributed by atoms with E-state index in [0.717, 1.165) is 12.8 Å². The van der Waals surface area contributed by atoms with E-state index in [9.17, 15) is 0 Å². The second-order valence-electron chi connectivity index (χ2n) is 4.04. The molecule has 0 saturated heterocycles. The lowest BCUT2D eigenvalue weighted by molar-refractivity contribution is 0.408. The van der Waals surface area contributed by atoms with Gasteiger partial charge in [-0.05, 0) is 43.4 Å². The molecule has 0 amide bonds. The Hall–Kier alpha value is -0.340. The van der Waals surface area contributed by atoms with Crippen LogP contribution in [0, 0.1) is 0 Å². The van der Waals surface area contributed by atoms with Gasteiger partial charge < -0.3 is 5.73 Å². The molecular formula is C11H14BrN. The molecule has 0 fully saturated rings. The van der Waals surface area contributed by atoms with Crippen molar-refractivity contribution in [2.45, 2.75) is 31.7 Å². The molecule has 0 aliphatic heterocycles. The lowest BCUT2D eigenvalue weighted by atomic mass is 9.79. The zero-order chi connectivity index (χ0) is 9.47. The van der Waals surface area contributed by atoms with Crippen molar-refractivity contribution in [3.8, 4) is 0 Å². The van der Waals surface area contributed by atoms with Crippen LogP contribution in [0.3, 0.4) is 0 Å². The quantitative estimate of drug-likeness (QED) is 0.741. The lowest BCUT2D eigenvalue weighted by Gasteiger charge is -2.32. The van der Waals surface area contributed by atoms with E-state index in [1.807, 2.05) is 0 Å². The molecule has 1 aromatic carbocycles. The molecule has 2 heteroatoms. The molecule has 0 heterocycles. The fourth-order valence-electron chi connectivity index (χ4n) is 2.11. The fourth-order valence-corrected chi connectivity index (χ4v) is 2.68. The second-order valence-corrected chi connectivity index (χ2v) is 4.89. The summed E-state index contributed by atoms with van der Waals surface area (Å²) in [6, 6.07) is 6.32. The molecular weight excluding hydrogens is 226 g/mol. The maximum Gasteiger partial charge on any atom is 0.0384 e. The van der Waals surface area contributed by atoms with Gasteiger partial charge in [-0.15, -0.1) is 0 Å². The van der Waals surface area contributed by atoms with Crippen molar-refractivity contribution in [2.24, 2.45) is 5.73 Å². The topological polar surface area (TPSA) is 26.0 Å². The molecule has 0 spiro atoms. The minimum atomic E-state index is -0.128. The third-order valence-corrected chi connectivity index (χ3v) is 3.60. The van der Waals surface area contributed by atoms with Crippen molar-refractivity contribution in [3.63, 3.8) is 0 Å². The summed E-state index contributed by atoms with van der Waals surface area (Å²) >= 11 is 3.58. The van der Waals surface area contributed by atoms with Crippen molar-refractivity contribution < 1.29 is 0 Å². The maximum atomic E-state index is 6.24. The molecule has 13 heavy (non-hydrogen) atoms. The molecule has 0 saturated carbocycles. The van der Waals surface area contributed by atoms with Crippen LogP contribution in [0.2, 0.25) is 0 Å². The SMILES string of the molecule is CC1(N)CCCc2c(Br)cccc21. The first kappa shape index (κ1) is 9.22. The van der Waals surface area contributed by atoms with E-state index >= 15 is 0 Å². The summed E-state index contributed by atoms with van der Waals surface area (Å²) in [5.74, 6) is 0. The number of hydrogen-bond donors (Lipinski definition) is 1. The van der Waals surface area contributed by atoms with Crippen LogP contribution in [0.4, 0.5) is 0 Å². The largest absolute Gasteiger partial charge is 0.322 e. The van der Waals surface area contributed by atoms with E-state index in [-0.39, 0.29) is 5.54 Å². The van der Waals surface area contributed by atoms with Gasteiger partial charge in [-0.1, -0.05) is 28.1 Å². The van der Waals surface area contributed by atoms with Gasteiger partial charge in [0.1, 0.15) is 0 Å². The number of rotatable bonds is 0. The zero-order valence-electron chi connectivity index (χ0n) is 7.81. The van der Waals surface area contributed by atoms with Crippen LogP contribution in [0.25, 0.3) is 0 Å². The fraction of sp³-hybridized carbons (Fsp3) is 0.455. The summed E-state index contributed by atoms with van der Waals surface area (Å²) in [7, 11) is 0. The first-order valence-corrected chi connectivity index (χ1v) is 5.47. The van der Waals surface area contributed by atoms with Gasteiger partial charge in [0.15, 0.2) is 0 Å². The Morgan fingerprint density at radius 3 is 2.92 bits per heavy atom. The van der Waals surface area contributed by atoms with Gasteiger partial charge >= 0.3 is 0 Å². The monoisotopic (exact) mass is 239 g/mol. The van der Waals surface area contributed by atoms with Crippen LogP contribution < -0.4 is 5.73 Å². The Bertz CT molecular complexity index is 331. The molecule has 0 bridgehead atoms.